The Bertz CT molecular complexity index is 452. The molecule has 1 fully saturated rings. The second kappa shape index (κ2) is 4.55. The van der Waals surface area contributed by atoms with Gasteiger partial charge in [0.1, 0.15) is 0 Å². The lowest BCUT2D eigenvalue weighted by atomic mass is 9.77. The molecule has 2 N–H and O–H groups in total. The third-order valence-corrected chi connectivity index (χ3v) is 3.48. The molecule has 1 aromatic carbocycles. The molecule has 0 saturated heterocycles. The summed E-state index contributed by atoms with van der Waals surface area (Å²) < 4.78 is 34.9. The molecule has 6 heteroatoms. The molecule has 1 aromatic rings. The van der Waals surface area contributed by atoms with Crippen LogP contribution in [0, 0.1) is 5.92 Å². The molecule has 1 atom stereocenters. The van der Waals surface area contributed by atoms with Gasteiger partial charge in [-0.3, -0.25) is 0 Å². The van der Waals surface area contributed by atoms with E-state index < -0.39 is 6.29 Å². The van der Waals surface area contributed by atoms with E-state index >= 15 is 0 Å². The van der Waals surface area contributed by atoms with E-state index in [4.69, 9.17) is 5.73 Å². The standard InChI is InChI=1S/C12H13F2NO2.ClH/c13-12(14)16-9-6-2-5-8(11(9)17-12)10(15)7-3-1-4-7;/h2,5-7,10H,1,3-4,15H2;1H/t10-;/m1./s1. The summed E-state index contributed by atoms with van der Waals surface area (Å²) in [4.78, 5) is 0. The molecule has 0 amide bonds. The largest absolute Gasteiger partial charge is 0.586 e. The van der Waals surface area contributed by atoms with Crippen LogP contribution in [-0.2, 0) is 0 Å². The minimum Gasteiger partial charge on any atom is -0.395 e. The molecule has 1 saturated carbocycles. The Balaban J connectivity index is 0.00000120. The van der Waals surface area contributed by atoms with Crippen molar-refractivity contribution in [3.05, 3.63) is 23.8 Å². The number of para-hydroxylation sites is 1. The molecule has 2 aliphatic rings. The summed E-state index contributed by atoms with van der Waals surface area (Å²) in [7, 11) is 0. The Kier molecular flexibility index (Phi) is 3.38. The van der Waals surface area contributed by atoms with Gasteiger partial charge in [-0.05, 0) is 24.8 Å². The highest BCUT2D eigenvalue weighted by Crippen LogP contribution is 2.47. The average Bonchev–Trinajstić information content (AvgIpc) is 2.47. The summed E-state index contributed by atoms with van der Waals surface area (Å²) in [6.07, 6.45) is -0.331. The molecule has 3 rings (SSSR count). The molecule has 0 aromatic heterocycles. The monoisotopic (exact) mass is 277 g/mol. The van der Waals surface area contributed by atoms with E-state index in [1.54, 1.807) is 12.1 Å². The number of ether oxygens (including phenoxy) is 2. The first-order valence-electron chi connectivity index (χ1n) is 5.71. The van der Waals surface area contributed by atoms with Crippen molar-refractivity contribution in [2.75, 3.05) is 0 Å². The molecule has 1 heterocycles. The topological polar surface area (TPSA) is 44.5 Å². The quantitative estimate of drug-likeness (QED) is 0.903. The number of nitrogens with two attached hydrogens (primary N) is 1. The number of hydrogen-bond donors (Lipinski definition) is 1. The van der Waals surface area contributed by atoms with Crippen LogP contribution in [0.25, 0.3) is 0 Å². The molecule has 0 radical (unpaired) electrons. The number of hydrogen-bond acceptors (Lipinski definition) is 3. The summed E-state index contributed by atoms with van der Waals surface area (Å²) in [5, 5.41) is 0. The van der Waals surface area contributed by atoms with Crippen molar-refractivity contribution in [1.82, 2.24) is 0 Å². The highest BCUT2D eigenvalue weighted by atomic mass is 35.5. The van der Waals surface area contributed by atoms with Crippen molar-refractivity contribution < 1.29 is 18.3 Å². The van der Waals surface area contributed by atoms with E-state index in [1.807, 2.05) is 0 Å². The first kappa shape index (κ1) is 13.4. The zero-order chi connectivity index (χ0) is 12.0. The van der Waals surface area contributed by atoms with Gasteiger partial charge < -0.3 is 15.2 Å². The van der Waals surface area contributed by atoms with Crippen molar-refractivity contribution >= 4 is 12.4 Å². The van der Waals surface area contributed by atoms with Crippen LogP contribution >= 0.6 is 12.4 Å². The molecular formula is C12H14ClF2NO2. The van der Waals surface area contributed by atoms with Crippen molar-refractivity contribution in [3.63, 3.8) is 0 Å². The lowest BCUT2D eigenvalue weighted by molar-refractivity contribution is -0.287. The Morgan fingerprint density at radius 3 is 2.61 bits per heavy atom. The van der Waals surface area contributed by atoms with Crippen molar-refractivity contribution in [3.8, 4) is 11.5 Å². The van der Waals surface area contributed by atoms with Crippen molar-refractivity contribution in [2.24, 2.45) is 11.7 Å². The maximum absolute atomic E-state index is 13.0. The molecule has 100 valence electrons. The van der Waals surface area contributed by atoms with Crippen LogP contribution in [0.2, 0.25) is 0 Å². The molecule has 0 unspecified atom stereocenters. The summed E-state index contributed by atoms with van der Waals surface area (Å²) in [6.45, 7) is 0. The second-order valence-electron chi connectivity index (χ2n) is 4.56. The zero-order valence-corrected chi connectivity index (χ0v) is 10.4. The van der Waals surface area contributed by atoms with Crippen LogP contribution in [0.4, 0.5) is 8.78 Å². The fourth-order valence-electron chi connectivity index (χ4n) is 2.31. The van der Waals surface area contributed by atoms with E-state index in [9.17, 15) is 8.78 Å². The lowest BCUT2D eigenvalue weighted by Gasteiger charge is -2.31. The van der Waals surface area contributed by atoms with Gasteiger partial charge in [-0.1, -0.05) is 18.6 Å². The van der Waals surface area contributed by atoms with E-state index in [1.165, 1.54) is 6.07 Å². The van der Waals surface area contributed by atoms with Crippen LogP contribution in [0.5, 0.6) is 11.5 Å². The number of fused-ring (bicyclic) bond motifs is 1. The smallest absolute Gasteiger partial charge is 0.395 e. The van der Waals surface area contributed by atoms with Gasteiger partial charge in [0.2, 0.25) is 0 Å². The van der Waals surface area contributed by atoms with Gasteiger partial charge in [0.25, 0.3) is 0 Å². The number of halogens is 3. The third-order valence-electron chi connectivity index (χ3n) is 3.48. The molecular weight excluding hydrogens is 264 g/mol. The van der Waals surface area contributed by atoms with Gasteiger partial charge in [-0.25, -0.2) is 0 Å². The summed E-state index contributed by atoms with van der Waals surface area (Å²) in [5.74, 6) is 0.526. The minimum absolute atomic E-state index is 0. The maximum atomic E-state index is 13.0. The number of benzene rings is 1. The van der Waals surface area contributed by atoms with Crippen molar-refractivity contribution in [2.45, 2.75) is 31.6 Å². The fraction of sp³-hybridized carbons (Fsp3) is 0.500. The average molecular weight is 278 g/mol. The predicted molar refractivity (Wildman–Crippen MR) is 64.2 cm³/mol. The van der Waals surface area contributed by atoms with Gasteiger partial charge in [-0.15, -0.1) is 21.2 Å². The van der Waals surface area contributed by atoms with Crippen LogP contribution in [0.1, 0.15) is 30.9 Å². The molecule has 18 heavy (non-hydrogen) atoms. The SMILES string of the molecule is Cl.N[C@@H](c1cccc2c1OC(F)(F)O2)C1CCC1. The molecule has 1 aliphatic heterocycles. The molecule has 1 aliphatic carbocycles. The highest BCUT2D eigenvalue weighted by molar-refractivity contribution is 5.85. The lowest BCUT2D eigenvalue weighted by Crippen LogP contribution is -2.28. The van der Waals surface area contributed by atoms with Gasteiger partial charge in [0, 0.05) is 11.6 Å². The van der Waals surface area contributed by atoms with E-state index in [0.717, 1.165) is 19.3 Å². The van der Waals surface area contributed by atoms with E-state index in [2.05, 4.69) is 9.47 Å². The van der Waals surface area contributed by atoms with Crippen LogP contribution in [0.3, 0.4) is 0 Å². The van der Waals surface area contributed by atoms with Crippen LogP contribution in [0.15, 0.2) is 18.2 Å². The molecule has 3 nitrogen and oxygen atoms in total. The van der Waals surface area contributed by atoms with Crippen LogP contribution < -0.4 is 15.2 Å². The van der Waals surface area contributed by atoms with Crippen molar-refractivity contribution in [1.29, 1.82) is 0 Å². The highest BCUT2D eigenvalue weighted by Gasteiger charge is 2.45. The Morgan fingerprint density at radius 1 is 1.28 bits per heavy atom. The van der Waals surface area contributed by atoms with Gasteiger partial charge in [0.05, 0.1) is 0 Å². The Hall–Kier alpha value is -1.07. The summed E-state index contributed by atoms with van der Waals surface area (Å²) in [5.41, 5.74) is 6.70. The second-order valence-corrected chi connectivity index (χ2v) is 4.56. The summed E-state index contributed by atoms with van der Waals surface area (Å²) >= 11 is 0. The Labute approximate surface area is 110 Å². The Morgan fingerprint density at radius 2 is 2.00 bits per heavy atom. The zero-order valence-electron chi connectivity index (χ0n) is 9.57. The molecule has 0 bridgehead atoms. The normalized spacial score (nSPS) is 21.9. The first-order valence-corrected chi connectivity index (χ1v) is 5.71. The van der Waals surface area contributed by atoms with Crippen LogP contribution in [-0.4, -0.2) is 6.29 Å². The molecule has 0 spiro atoms. The van der Waals surface area contributed by atoms with Gasteiger partial charge >= 0.3 is 6.29 Å². The van der Waals surface area contributed by atoms with E-state index in [-0.39, 0.29) is 29.9 Å². The number of alkyl halides is 2. The first-order chi connectivity index (χ1) is 8.07. The minimum atomic E-state index is -3.57. The van der Waals surface area contributed by atoms with Gasteiger partial charge in [0.15, 0.2) is 11.5 Å². The fourth-order valence-corrected chi connectivity index (χ4v) is 2.31. The predicted octanol–water partition coefficient (Wildman–Crippen LogP) is 3.23. The summed E-state index contributed by atoms with van der Waals surface area (Å²) in [6, 6.07) is 4.60. The third kappa shape index (κ3) is 2.12. The number of rotatable bonds is 2. The maximum Gasteiger partial charge on any atom is 0.586 e. The van der Waals surface area contributed by atoms with E-state index in [0.29, 0.717) is 11.5 Å². The van der Waals surface area contributed by atoms with Gasteiger partial charge in [-0.2, -0.15) is 0 Å².